The molecule has 0 aliphatic carbocycles. The minimum atomic E-state index is -0.558. The largest absolute Gasteiger partial charge is 0.397 e. The first-order valence-corrected chi connectivity index (χ1v) is 6.23. The second-order valence-electron chi connectivity index (χ2n) is 4.43. The first kappa shape index (κ1) is 15.9. The molecule has 0 fully saturated rings. The molecule has 0 aliphatic heterocycles. The SMILES string of the molecule is CCN(CC(N)=O)C(C)C(=O)Nc1ccc(F)cc1N. The summed E-state index contributed by atoms with van der Waals surface area (Å²) in [7, 11) is 0. The number of nitrogens with zero attached hydrogens (tertiary/aromatic N) is 1. The predicted octanol–water partition coefficient (Wildman–Crippen LogP) is 0.542. The Hall–Kier alpha value is -2.15. The van der Waals surface area contributed by atoms with Crippen molar-refractivity contribution in [2.24, 2.45) is 5.73 Å². The van der Waals surface area contributed by atoms with Crippen LogP contribution in [0.4, 0.5) is 15.8 Å². The van der Waals surface area contributed by atoms with Crippen LogP contribution < -0.4 is 16.8 Å². The number of hydrogen-bond acceptors (Lipinski definition) is 4. The van der Waals surface area contributed by atoms with Gasteiger partial charge in [0, 0.05) is 0 Å². The number of carbonyl (C=O) groups is 2. The molecule has 1 aromatic rings. The number of amides is 2. The fourth-order valence-electron chi connectivity index (χ4n) is 1.77. The van der Waals surface area contributed by atoms with E-state index in [9.17, 15) is 14.0 Å². The van der Waals surface area contributed by atoms with Crippen molar-refractivity contribution in [3.63, 3.8) is 0 Å². The maximum Gasteiger partial charge on any atom is 0.241 e. The Labute approximate surface area is 116 Å². The Kier molecular flexibility index (Phi) is 5.45. The third-order valence-corrected chi connectivity index (χ3v) is 2.96. The first-order chi connectivity index (χ1) is 9.35. The number of nitrogens with one attached hydrogen (secondary N) is 1. The molecule has 2 amide bonds. The minimum absolute atomic E-state index is 0.00993. The van der Waals surface area contributed by atoms with Crippen molar-refractivity contribution in [3.05, 3.63) is 24.0 Å². The van der Waals surface area contributed by atoms with E-state index in [1.54, 1.807) is 11.8 Å². The van der Waals surface area contributed by atoms with Crippen molar-refractivity contribution >= 4 is 23.2 Å². The van der Waals surface area contributed by atoms with Gasteiger partial charge in [0.2, 0.25) is 11.8 Å². The van der Waals surface area contributed by atoms with Crippen LogP contribution in [-0.4, -0.2) is 35.8 Å². The van der Waals surface area contributed by atoms with E-state index in [0.717, 1.165) is 6.07 Å². The second-order valence-corrected chi connectivity index (χ2v) is 4.43. The fourth-order valence-corrected chi connectivity index (χ4v) is 1.77. The van der Waals surface area contributed by atoms with Gasteiger partial charge < -0.3 is 16.8 Å². The summed E-state index contributed by atoms with van der Waals surface area (Å²) in [6, 6.07) is 3.16. The summed E-state index contributed by atoms with van der Waals surface area (Å²) in [4.78, 5) is 24.6. The number of nitrogens with two attached hydrogens (primary N) is 2. The van der Waals surface area contributed by atoms with Crippen LogP contribution >= 0.6 is 0 Å². The smallest absolute Gasteiger partial charge is 0.241 e. The molecule has 0 saturated heterocycles. The summed E-state index contributed by atoms with van der Waals surface area (Å²) in [5.41, 5.74) is 11.2. The summed E-state index contributed by atoms with van der Waals surface area (Å²) in [6.45, 7) is 3.96. The number of halogens is 1. The Morgan fingerprint density at radius 3 is 2.60 bits per heavy atom. The lowest BCUT2D eigenvalue weighted by Crippen LogP contribution is -2.45. The zero-order valence-electron chi connectivity index (χ0n) is 11.5. The third kappa shape index (κ3) is 4.20. The summed E-state index contributed by atoms with van der Waals surface area (Å²) in [6.07, 6.45) is 0. The molecule has 5 N–H and O–H groups in total. The molecule has 20 heavy (non-hydrogen) atoms. The highest BCUT2D eigenvalue weighted by Crippen LogP contribution is 2.19. The molecule has 0 spiro atoms. The number of nitrogen functional groups attached to an aromatic ring is 1. The maximum absolute atomic E-state index is 12.9. The van der Waals surface area contributed by atoms with E-state index in [1.807, 2.05) is 6.92 Å². The van der Waals surface area contributed by atoms with Gasteiger partial charge >= 0.3 is 0 Å². The summed E-state index contributed by atoms with van der Waals surface area (Å²) in [5.74, 6) is -1.32. The zero-order chi connectivity index (χ0) is 15.3. The van der Waals surface area contributed by atoms with Crippen LogP contribution in [0.2, 0.25) is 0 Å². The van der Waals surface area contributed by atoms with E-state index in [0.29, 0.717) is 12.2 Å². The number of rotatable bonds is 6. The molecule has 1 aromatic carbocycles. The van der Waals surface area contributed by atoms with Gasteiger partial charge in [0.25, 0.3) is 0 Å². The van der Waals surface area contributed by atoms with Gasteiger partial charge in [-0.05, 0) is 31.7 Å². The monoisotopic (exact) mass is 282 g/mol. The second kappa shape index (κ2) is 6.85. The topological polar surface area (TPSA) is 101 Å². The number of primary amides is 1. The number of hydrogen-bond donors (Lipinski definition) is 3. The fraction of sp³-hybridized carbons (Fsp3) is 0.385. The van der Waals surface area contributed by atoms with E-state index >= 15 is 0 Å². The Morgan fingerprint density at radius 2 is 2.10 bits per heavy atom. The normalized spacial score (nSPS) is 12.2. The van der Waals surface area contributed by atoms with E-state index in [4.69, 9.17) is 11.5 Å². The van der Waals surface area contributed by atoms with Crippen LogP contribution in [0.3, 0.4) is 0 Å². The lowest BCUT2D eigenvalue weighted by Gasteiger charge is -2.25. The molecule has 7 heteroatoms. The van der Waals surface area contributed by atoms with Gasteiger partial charge in [-0.2, -0.15) is 0 Å². The standard InChI is InChI=1S/C13H19FN4O2/c1-3-18(7-12(16)19)8(2)13(20)17-11-5-4-9(14)6-10(11)15/h4-6,8H,3,7,15H2,1-2H3,(H2,16,19)(H,17,20). The van der Waals surface area contributed by atoms with E-state index in [-0.39, 0.29) is 18.1 Å². The molecule has 0 saturated carbocycles. The zero-order valence-corrected chi connectivity index (χ0v) is 11.5. The third-order valence-electron chi connectivity index (χ3n) is 2.96. The van der Waals surface area contributed by atoms with Crippen molar-refractivity contribution < 1.29 is 14.0 Å². The summed E-state index contributed by atoms with van der Waals surface area (Å²) in [5, 5.41) is 2.60. The molecule has 0 aliphatic rings. The Morgan fingerprint density at radius 1 is 1.45 bits per heavy atom. The van der Waals surface area contributed by atoms with Crippen molar-refractivity contribution in [1.29, 1.82) is 0 Å². The molecule has 1 unspecified atom stereocenters. The van der Waals surface area contributed by atoms with Crippen LogP contribution in [0.15, 0.2) is 18.2 Å². The van der Waals surface area contributed by atoms with Gasteiger partial charge in [-0.15, -0.1) is 0 Å². The van der Waals surface area contributed by atoms with E-state index in [1.165, 1.54) is 12.1 Å². The molecule has 1 atom stereocenters. The first-order valence-electron chi connectivity index (χ1n) is 6.23. The molecule has 6 nitrogen and oxygen atoms in total. The number of likely N-dealkylation sites (N-methyl/N-ethyl adjacent to an activating group) is 1. The number of benzene rings is 1. The average molecular weight is 282 g/mol. The number of carbonyl (C=O) groups excluding carboxylic acids is 2. The highest BCUT2D eigenvalue weighted by atomic mass is 19.1. The van der Waals surface area contributed by atoms with Crippen LogP contribution in [-0.2, 0) is 9.59 Å². The molecule has 0 bridgehead atoms. The van der Waals surface area contributed by atoms with Crippen molar-refractivity contribution in [2.45, 2.75) is 19.9 Å². The summed E-state index contributed by atoms with van der Waals surface area (Å²) < 4.78 is 12.9. The highest BCUT2D eigenvalue weighted by Gasteiger charge is 2.21. The van der Waals surface area contributed by atoms with Crippen LogP contribution in [0.5, 0.6) is 0 Å². The maximum atomic E-state index is 12.9. The van der Waals surface area contributed by atoms with E-state index in [2.05, 4.69) is 5.32 Å². The molecule has 1 rings (SSSR count). The van der Waals surface area contributed by atoms with Crippen molar-refractivity contribution in [2.75, 3.05) is 24.1 Å². The Bertz CT molecular complexity index is 507. The molecule has 0 radical (unpaired) electrons. The lowest BCUT2D eigenvalue weighted by molar-refractivity contribution is -0.123. The highest BCUT2D eigenvalue weighted by molar-refractivity contribution is 5.97. The van der Waals surface area contributed by atoms with Crippen LogP contribution in [0.1, 0.15) is 13.8 Å². The number of anilines is 2. The van der Waals surface area contributed by atoms with Gasteiger partial charge in [0.1, 0.15) is 5.82 Å². The summed E-state index contributed by atoms with van der Waals surface area (Å²) >= 11 is 0. The van der Waals surface area contributed by atoms with Crippen molar-refractivity contribution in [3.8, 4) is 0 Å². The molecule has 0 heterocycles. The van der Waals surface area contributed by atoms with Crippen molar-refractivity contribution in [1.82, 2.24) is 4.90 Å². The Balaban J connectivity index is 2.76. The molecular weight excluding hydrogens is 263 g/mol. The van der Waals surface area contributed by atoms with Gasteiger partial charge in [-0.1, -0.05) is 6.92 Å². The predicted molar refractivity (Wildman–Crippen MR) is 75.3 cm³/mol. The van der Waals surface area contributed by atoms with Crippen LogP contribution in [0, 0.1) is 5.82 Å². The lowest BCUT2D eigenvalue weighted by atomic mass is 10.2. The quantitative estimate of drug-likeness (QED) is 0.663. The van der Waals surface area contributed by atoms with Gasteiger partial charge in [-0.25, -0.2) is 4.39 Å². The molecule has 0 aromatic heterocycles. The molecular formula is C13H19FN4O2. The van der Waals surface area contributed by atoms with Gasteiger partial charge in [-0.3, -0.25) is 14.5 Å². The average Bonchev–Trinajstić information content (AvgIpc) is 2.38. The van der Waals surface area contributed by atoms with Crippen LogP contribution in [0.25, 0.3) is 0 Å². The minimum Gasteiger partial charge on any atom is -0.397 e. The molecule has 110 valence electrons. The van der Waals surface area contributed by atoms with Gasteiger partial charge in [0.15, 0.2) is 0 Å². The van der Waals surface area contributed by atoms with E-state index < -0.39 is 17.8 Å². The van der Waals surface area contributed by atoms with Gasteiger partial charge in [0.05, 0.1) is 24.0 Å².